The Hall–Kier alpha value is -3.21. The smallest absolute Gasteiger partial charge is 0.268 e. The first-order valence-electron chi connectivity index (χ1n) is 8.46. The molecule has 0 spiro atoms. The van der Waals surface area contributed by atoms with Crippen LogP contribution in [-0.2, 0) is 0 Å². The van der Waals surface area contributed by atoms with E-state index >= 15 is 0 Å². The zero-order valence-electron chi connectivity index (χ0n) is 15.0. The van der Waals surface area contributed by atoms with E-state index in [1.807, 2.05) is 48.5 Å². The lowest BCUT2D eigenvalue weighted by atomic mass is 10.0. The third-order valence-electron chi connectivity index (χ3n) is 4.41. The van der Waals surface area contributed by atoms with Gasteiger partial charge in [-0.15, -0.1) is 0 Å². The second kappa shape index (κ2) is 7.35. The Kier molecular flexibility index (Phi) is 4.98. The van der Waals surface area contributed by atoms with Gasteiger partial charge in [-0.2, -0.15) is 0 Å². The van der Waals surface area contributed by atoms with E-state index in [0.717, 1.165) is 11.3 Å². The number of H-pyrrole nitrogens is 1. The highest BCUT2D eigenvalue weighted by Gasteiger charge is 2.23. The summed E-state index contributed by atoms with van der Waals surface area (Å²) in [5, 5.41) is 3.04. The average molecular weight is 347 g/mol. The Morgan fingerprint density at radius 3 is 2.31 bits per heavy atom. The van der Waals surface area contributed by atoms with Crippen LogP contribution >= 0.6 is 0 Å². The lowest BCUT2D eigenvalue weighted by Crippen LogP contribution is -2.30. The number of ketones is 1. The molecular weight excluding hydrogens is 326 g/mol. The van der Waals surface area contributed by atoms with Gasteiger partial charge >= 0.3 is 0 Å². The molecule has 132 valence electrons. The molecule has 1 aromatic carbocycles. The molecule has 26 heavy (non-hydrogen) atoms. The van der Waals surface area contributed by atoms with Crippen molar-refractivity contribution in [3.63, 3.8) is 0 Å². The molecule has 0 aliphatic heterocycles. The van der Waals surface area contributed by atoms with E-state index in [1.165, 1.54) is 6.92 Å². The SMILES string of the molecule is CC(=O)c1c(C)[nH]c(C(=O)NC(c2ccccc2)c2ccccn2)c1C. The summed E-state index contributed by atoms with van der Waals surface area (Å²) in [7, 11) is 0. The van der Waals surface area contributed by atoms with Crippen molar-refractivity contribution in [1.82, 2.24) is 15.3 Å². The molecule has 2 heterocycles. The predicted octanol–water partition coefficient (Wildman–Crippen LogP) is 3.75. The number of aromatic nitrogens is 2. The average Bonchev–Trinajstić information content (AvgIpc) is 2.95. The van der Waals surface area contributed by atoms with Crippen LogP contribution in [0.2, 0.25) is 0 Å². The van der Waals surface area contributed by atoms with Crippen LogP contribution in [0.4, 0.5) is 0 Å². The molecule has 3 rings (SSSR count). The van der Waals surface area contributed by atoms with E-state index in [0.29, 0.717) is 22.5 Å². The van der Waals surface area contributed by atoms with Gasteiger partial charge in [0, 0.05) is 17.5 Å². The van der Waals surface area contributed by atoms with E-state index in [2.05, 4.69) is 15.3 Å². The summed E-state index contributed by atoms with van der Waals surface area (Å²) in [4.78, 5) is 32.2. The molecule has 0 aliphatic carbocycles. The van der Waals surface area contributed by atoms with Gasteiger partial charge in [-0.3, -0.25) is 14.6 Å². The zero-order chi connectivity index (χ0) is 18.7. The number of Topliss-reactive ketones (excluding diaryl/α,β-unsaturated/α-hetero) is 1. The topological polar surface area (TPSA) is 74.8 Å². The van der Waals surface area contributed by atoms with Gasteiger partial charge < -0.3 is 10.3 Å². The highest BCUT2D eigenvalue weighted by molar-refractivity contribution is 6.02. The van der Waals surface area contributed by atoms with Crippen molar-refractivity contribution in [3.05, 3.63) is 88.5 Å². The molecule has 2 N–H and O–H groups in total. The fourth-order valence-corrected chi connectivity index (χ4v) is 3.23. The predicted molar refractivity (Wildman–Crippen MR) is 100 cm³/mol. The van der Waals surface area contributed by atoms with E-state index in [9.17, 15) is 9.59 Å². The van der Waals surface area contributed by atoms with Gasteiger partial charge in [-0.05, 0) is 44.0 Å². The van der Waals surface area contributed by atoms with Crippen molar-refractivity contribution in [2.24, 2.45) is 0 Å². The molecule has 0 aliphatic rings. The Morgan fingerprint density at radius 2 is 1.73 bits per heavy atom. The molecule has 0 bridgehead atoms. The van der Waals surface area contributed by atoms with Gasteiger partial charge in [-0.1, -0.05) is 36.4 Å². The van der Waals surface area contributed by atoms with Crippen LogP contribution in [0.15, 0.2) is 54.7 Å². The number of benzene rings is 1. The Morgan fingerprint density at radius 1 is 1.04 bits per heavy atom. The standard InChI is InChI=1S/C21H21N3O2/c1-13-18(15(3)25)14(2)23-19(13)21(26)24-20(16-9-5-4-6-10-16)17-11-7-8-12-22-17/h4-12,20,23H,1-3H3,(H,24,26). The number of amides is 1. The Bertz CT molecular complexity index is 891. The van der Waals surface area contributed by atoms with Crippen molar-refractivity contribution in [2.45, 2.75) is 26.8 Å². The summed E-state index contributed by atoms with van der Waals surface area (Å²) < 4.78 is 0. The molecule has 2 aromatic heterocycles. The fourth-order valence-electron chi connectivity index (χ4n) is 3.23. The summed E-state index contributed by atoms with van der Waals surface area (Å²) in [5.74, 6) is -0.322. The van der Waals surface area contributed by atoms with E-state index in [1.54, 1.807) is 20.0 Å². The number of aryl methyl sites for hydroxylation is 1. The minimum atomic E-state index is -0.381. The van der Waals surface area contributed by atoms with Crippen molar-refractivity contribution in [3.8, 4) is 0 Å². The van der Waals surface area contributed by atoms with Gasteiger partial charge in [0.15, 0.2) is 5.78 Å². The third-order valence-corrected chi connectivity index (χ3v) is 4.41. The van der Waals surface area contributed by atoms with Crippen LogP contribution in [0.25, 0.3) is 0 Å². The minimum absolute atomic E-state index is 0.0559. The van der Waals surface area contributed by atoms with E-state index < -0.39 is 0 Å². The van der Waals surface area contributed by atoms with Crippen LogP contribution in [0.1, 0.15) is 56.3 Å². The summed E-state index contributed by atoms with van der Waals surface area (Å²) in [6.45, 7) is 5.09. The van der Waals surface area contributed by atoms with Crippen LogP contribution in [-0.4, -0.2) is 21.7 Å². The summed E-state index contributed by atoms with van der Waals surface area (Å²) >= 11 is 0. The number of nitrogens with zero attached hydrogens (tertiary/aromatic N) is 1. The molecule has 1 unspecified atom stereocenters. The van der Waals surface area contributed by atoms with Crippen molar-refractivity contribution < 1.29 is 9.59 Å². The lowest BCUT2D eigenvalue weighted by Gasteiger charge is -2.19. The molecular formula is C21H21N3O2. The molecule has 5 nitrogen and oxygen atoms in total. The van der Waals surface area contributed by atoms with Crippen molar-refractivity contribution in [2.75, 3.05) is 0 Å². The molecule has 5 heteroatoms. The summed E-state index contributed by atoms with van der Waals surface area (Å²) in [5.41, 5.74) is 4.04. The van der Waals surface area contributed by atoms with Crippen molar-refractivity contribution in [1.29, 1.82) is 0 Å². The maximum absolute atomic E-state index is 12.9. The monoisotopic (exact) mass is 347 g/mol. The normalized spacial score (nSPS) is 11.8. The van der Waals surface area contributed by atoms with Crippen molar-refractivity contribution >= 4 is 11.7 Å². The molecule has 3 aromatic rings. The van der Waals surface area contributed by atoms with Crippen LogP contribution in [0.5, 0.6) is 0 Å². The number of nitrogens with one attached hydrogen (secondary N) is 2. The molecule has 1 atom stereocenters. The summed E-state index contributed by atoms with van der Waals surface area (Å²) in [6.07, 6.45) is 1.70. The first kappa shape index (κ1) is 17.6. The number of rotatable bonds is 5. The highest BCUT2D eigenvalue weighted by atomic mass is 16.2. The minimum Gasteiger partial charge on any atom is -0.354 e. The number of pyridine rings is 1. The number of hydrogen-bond donors (Lipinski definition) is 2. The molecule has 0 radical (unpaired) electrons. The largest absolute Gasteiger partial charge is 0.354 e. The van der Waals surface area contributed by atoms with Gasteiger partial charge in [0.2, 0.25) is 0 Å². The third kappa shape index (κ3) is 3.42. The van der Waals surface area contributed by atoms with Gasteiger partial charge in [-0.25, -0.2) is 0 Å². The van der Waals surface area contributed by atoms with Gasteiger partial charge in [0.05, 0.1) is 11.7 Å². The molecule has 0 saturated carbocycles. The number of hydrogen-bond acceptors (Lipinski definition) is 3. The van der Waals surface area contributed by atoms with Crippen LogP contribution in [0, 0.1) is 13.8 Å². The maximum atomic E-state index is 12.9. The first-order valence-corrected chi connectivity index (χ1v) is 8.46. The zero-order valence-corrected chi connectivity index (χ0v) is 15.0. The number of carbonyl (C=O) groups excluding carboxylic acids is 2. The highest BCUT2D eigenvalue weighted by Crippen LogP contribution is 2.23. The molecule has 0 saturated heterocycles. The number of aromatic amines is 1. The fraction of sp³-hybridized carbons (Fsp3) is 0.190. The van der Waals surface area contributed by atoms with Gasteiger partial charge in [0.25, 0.3) is 5.91 Å². The van der Waals surface area contributed by atoms with Gasteiger partial charge in [0.1, 0.15) is 5.69 Å². The second-order valence-electron chi connectivity index (χ2n) is 6.25. The van der Waals surface area contributed by atoms with Crippen LogP contribution < -0.4 is 5.32 Å². The maximum Gasteiger partial charge on any atom is 0.268 e. The first-order chi connectivity index (χ1) is 12.5. The molecule has 1 amide bonds. The molecule has 0 fully saturated rings. The van der Waals surface area contributed by atoms with Crippen LogP contribution in [0.3, 0.4) is 0 Å². The van der Waals surface area contributed by atoms with E-state index in [-0.39, 0.29) is 17.7 Å². The number of carbonyl (C=O) groups is 2. The van der Waals surface area contributed by atoms with E-state index in [4.69, 9.17) is 0 Å². The quantitative estimate of drug-likeness (QED) is 0.690. The summed E-state index contributed by atoms with van der Waals surface area (Å²) in [6, 6.07) is 14.9. The second-order valence-corrected chi connectivity index (χ2v) is 6.25. The Labute approximate surface area is 152 Å². The Balaban J connectivity index is 1.97. The lowest BCUT2D eigenvalue weighted by molar-refractivity contribution is 0.0937.